The third kappa shape index (κ3) is 5.86. The van der Waals surface area contributed by atoms with Gasteiger partial charge in [0.1, 0.15) is 11.5 Å². The van der Waals surface area contributed by atoms with Crippen LogP contribution in [-0.4, -0.2) is 29.2 Å². The van der Waals surface area contributed by atoms with Gasteiger partial charge in [0.05, 0.1) is 5.56 Å². The average molecular weight is 419 g/mol. The fourth-order valence-corrected chi connectivity index (χ4v) is 3.54. The van der Waals surface area contributed by atoms with E-state index in [0.29, 0.717) is 13.1 Å². The number of phenols is 2. The quantitative estimate of drug-likeness (QED) is 0.392. The summed E-state index contributed by atoms with van der Waals surface area (Å²) in [4.78, 5) is 12.3. The summed E-state index contributed by atoms with van der Waals surface area (Å²) in [7, 11) is 0. The first-order valence-electron chi connectivity index (χ1n) is 10.5. The molecule has 0 saturated carbocycles. The Morgan fingerprint density at radius 3 is 2.58 bits per heavy atom. The molecule has 3 aromatic carbocycles. The van der Waals surface area contributed by atoms with Crippen molar-refractivity contribution in [2.24, 2.45) is 5.41 Å². The number of benzene rings is 3. The fourth-order valence-electron chi connectivity index (χ4n) is 3.54. The Kier molecular flexibility index (Phi) is 6.98. The molecule has 0 fully saturated rings. The third-order valence-corrected chi connectivity index (χ3v) is 5.33. The summed E-state index contributed by atoms with van der Waals surface area (Å²) >= 11 is 0. The standard InChI is InChI=1S/C26H30N2O3/c1-18(21-11-6-9-19-8-4-5-10-22(19)21)27-15-7-14-26(2,3)17-28-25(31)23-13-12-20(29)16-24(23)30/h4-14,16,18,27,29-30H,15,17H2,1-3H3,(H,28,31)/b14-7+/t18-/m1/s1. The van der Waals surface area contributed by atoms with Gasteiger partial charge in [0.25, 0.3) is 5.91 Å². The van der Waals surface area contributed by atoms with Crippen LogP contribution in [0, 0.1) is 5.41 Å². The lowest BCUT2D eigenvalue weighted by Crippen LogP contribution is -2.33. The van der Waals surface area contributed by atoms with Crippen molar-refractivity contribution in [3.05, 3.63) is 83.9 Å². The van der Waals surface area contributed by atoms with Gasteiger partial charge in [-0.1, -0.05) is 68.5 Å². The minimum atomic E-state index is -0.373. The molecule has 0 aliphatic carbocycles. The van der Waals surface area contributed by atoms with Gasteiger partial charge in [0.15, 0.2) is 0 Å². The molecule has 4 N–H and O–H groups in total. The van der Waals surface area contributed by atoms with Crippen LogP contribution in [0.15, 0.2) is 72.8 Å². The molecule has 5 heteroatoms. The average Bonchev–Trinajstić information content (AvgIpc) is 2.74. The first-order chi connectivity index (χ1) is 14.8. The topological polar surface area (TPSA) is 81.6 Å². The van der Waals surface area contributed by atoms with Crippen molar-refractivity contribution in [1.29, 1.82) is 0 Å². The van der Waals surface area contributed by atoms with E-state index >= 15 is 0 Å². The molecule has 3 rings (SSSR count). The number of hydrogen-bond donors (Lipinski definition) is 4. The zero-order valence-electron chi connectivity index (χ0n) is 18.2. The maximum absolute atomic E-state index is 12.3. The summed E-state index contributed by atoms with van der Waals surface area (Å²) in [5, 5.41) is 28.1. The summed E-state index contributed by atoms with van der Waals surface area (Å²) in [5.74, 6) is -0.693. The number of amides is 1. The highest BCUT2D eigenvalue weighted by atomic mass is 16.3. The normalized spacial score (nSPS) is 12.9. The lowest BCUT2D eigenvalue weighted by Gasteiger charge is -2.21. The van der Waals surface area contributed by atoms with E-state index in [1.807, 2.05) is 13.8 Å². The van der Waals surface area contributed by atoms with E-state index in [1.54, 1.807) is 0 Å². The highest BCUT2D eigenvalue weighted by Gasteiger charge is 2.18. The highest BCUT2D eigenvalue weighted by Crippen LogP contribution is 2.25. The summed E-state index contributed by atoms with van der Waals surface area (Å²) in [6.45, 7) is 7.36. The molecule has 1 atom stereocenters. The zero-order chi connectivity index (χ0) is 22.4. The monoisotopic (exact) mass is 418 g/mol. The number of hydrogen-bond acceptors (Lipinski definition) is 4. The van der Waals surface area contributed by atoms with Crippen molar-refractivity contribution in [3.63, 3.8) is 0 Å². The molecule has 0 bridgehead atoms. The summed E-state index contributed by atoms with van der Waals surface area (Å²) in [6, 6.07) is 18.9. The Bertz CT molecular complexity index is 1080. The minimum Gasteiger partial charge on any atom is -0.508 e. The van der Waals surface area contributed by atoms with E-state index in [1.165, 1.54) is 28.5 Å². The Labute approximate surface area is 183 Å². The molecule has 0 aliphatic heterocycles. The van der Waals surface area contributed by atoms with E-state index in [9.17, 15) is 15.0 Å². The fraction of sp³-hybridized carbons (Fsp3) is 0.269. The van der Waals surface area contributed by atoms with Gasteiger partial charge >= 0.3 is 0 Å². The predicted molar refractivity (Wildman–Crippen MR) is 125 cm³/mol. The Morgan fingerprint density at radius 1 is 1.06 bits per heavy atom. The van der Waals surface area contributed by atoms with Gasteiger partial charge in [0, 0.05) is 25.2 Å². The second kappa shape index (κ2) is 9.67. The van der Waals surface area contributed by atoms with E-state index in [-0.39, 0.29) is 34.4 Å². The predicted octanol–water partition coefficient (Wildman–Crippen LogP) is 4.91. The van der Waals surface area contributed by atoms with Crippen molar-refractivity contribution in [3.8, 4) is 11.5 Å². The van der Waals surface area contributed by atoms with Crippen molar-refractivity contribution in [1.82, 2.24) is 10.6 Å². The molecule has 162 valence electrons. The van der Waals surface area contributed by atoms with Crippen molar-refractivity contribution >= 4 is 16.7 Å². The number of aromatic hydroxyl groups is 2. The van der Waals surface area contributed by atoms with Gasteiger partial charge in [-0.15, -0.1) is 0 Å². The molecular formula is C26H30N2O3. The number of rotatable bonds is 8. The minimum absolute atomic E-state index is 0.0810. The maximum atomic E-state index is 12.3. The second-order valence-corrected chi connectivity index (χ2v) is 8.47. The van der Waals surface area contributed by atoms with Crippen LogP contribution in [-0.2, 0) is 0 Å². The molecule has 0 saturated heterocycles. The van der Waals surface area contributed by atoms with Crippen LogP contribution in [0.2, 0.25) is 0 Å². The number of carbonyl (C=O) groups excluding carboxylic acids is 1. The highest BCUT2D eigenvalue weighted by molar-refractivity contribution is 5.97. The van der Waals surface area contributed by atoms with Crippen molar-refractivity contribution in [2.75, 3.05) is 13.1 Å². The van der Waals surface area contributed by atoms with E-state index < -0.39 is 0 Å². The molecular weight excluding hydrogens is 388 g/mol. The first kappa shape index (κ1) is 22.4. The molecule has 3 aromatic rings. The van der Waals surface area contributed by atoms with E-state index in [2.05, 4.69) is 72.2 Å². The van der Waals surface area contributed by atoms with Gasteiger partial charge in [0.2, 0.25) is 0 Å². The number of carbonyl (C=O) groups is 1. The number of phenolic OH excluding ortho intramolecular Hbond substituents is 2. The lowest BCUT2D eigenvalue weighted by molar-refractivity contribution is 0.0940. The van der Waals surface area contributed by atoms with Crippen LogP contribution < -0.4 is 10.6 Å². The van der Waals surface area contributed by atoms with Crippen LogP contribution in [0.5, 0.6) is 11.5 Å². The summed E-state index contributed by atoms with van der Waals surface area (Å²) < 4.78 is 0. The van der Waals surface area contributed by atoms with Crippen LogP contribution in [0.25, 0.3) is 10.8 Å². The zero-order valence-corrected chi connectivity index (χ0v) is 18.2. The maximum Gasteiger partial charge on any atom is 0.255 e. The van der Waals surface area contributed by atoms with Crippen LogP contribution in [0.4, 0.5) is 0 Å². The molecule has 31 heavy (non-hydrogen) atoms. The molecule has 0 unspecified atom stereocenters. The van der Waals surface area contributed by atoms with Crippen molar-refractivity contribution < 1.29 is 15.0 Å². The first-order valence-corrected chi connectivity index (χ1v) is 10.5. The van der Waals surface area contributed by atoms with E-state index in [4.69, 9.17) is 0 Å². The molecule has 0 aliphatic rings. The van der Waals surface area contributed by atoms with Gasteiger partial charge in [-0.3, -0.25) is 4.79 Å². The number of nitrogens with one attached hydrogen (secondary N) is 2. The molecule has 1 amide bonds. The Balaban J connectivity index is 1.53. The van der Waals surface area contributed by atoms with Crippen LogP contribution in [0.1, 0.15) is 42.7 Å². The Morgan fingerprint density at radius 2 is 1.81 bits per heavy atom. The molecule has 0 aromatic heterocycles. The summed E-state index contributed by atoms with van der Waals surface area (Å²) in [6.07, 6.45) is 4.15. The van der Waals surface area contributed by atoms with Gasteiger partial charge in [-0.05, 0) is 40.8 Å². The molecule has 0 spiro atoms. The second-order valence-electron chi connectivity index (χ2n) is 8.47. The molecule has 5 nitrogen and oxygen atoms in total. The van der Waals surface area contributed by atoms with Crippen LogP contribution in [0.3, 0.4) is 0 Å². The number of fused-ring (bicyclic) bond motifs is 1. The van der Waals surface area contributed by atoms with Gasteiger partial charge in [-0.2, -0.15) is 0 Å². The van der Waals surface area contributed by atoms with Gasteiger partial charge in [-0.25, -0.2) is 0 Å². The van der Waals surface area contributed by atoms with Crippen molar-refractivity contribution in [2.45, 2.75) is 26.8 Å². The third-order valence-electron chi connectivity index (χ3n) is 5.33. The largest absolute Gasteiger partial charge is 0.508 e. The lowest BCUT2D eigenvalue weighted by atomic mass is 9.92. The molecule has 0 heterocycles. The SMILES string of the molecule is C[C@@H](NC/C=C/C(C)(C)CNC(=O)c1ccc(O)cc1O)c1cccc2ccccc12. The van der Waals surface area contributed by atoms with E-state index in [0.717, 1.165) is 6.07 Å². The smallest absolute Gasteiger partial charge is 0.255 e. The Hall–Kier alpha value is -3.31. The summed E-state index contributed by atoms with van der Waals surface area (Å²) in [5.41, 5.74) is 1.15. The molecule has 0 radical (unpaired) electrons. The van der Waals surface area contributed by atoms with Crippen LogP contribution >= 0.6 is 0 Å². The van der Waals surface area contributed by atoms with Gasteiger partial charge < -0.3 is 20.8 Å².